The van der Waals surface area contributed by atoms with Crippen molar-refractivity contribution in [2.75, 3.05) is 65.0 Å². The SMILES string of the molecule is C.N=C(N)c1ccc(CNC(=O)[C@H](CCCCNC(=O)COCC(=O)NCCOCCOCCN)NC(=O)[C@@H](CC2CCCCC2)CS(=O)(=O)Cc2ccccc2)cc1.O=C(O)C(F)(F)F. The molecule has 3 rings (SSSR count). The van der Waals surface area contributed by atoms with Crippen LogP contribution in [-0.2, 0) is 60.3 Å². The van der Waals surface area contributed by atoms with E-state index < -0.39 is 51.7 Å². The molecule has 0 radical (unpaired) electrons. The van der Waals surface area contributed by atoms with Crippen molar-refractivity contribution in [3.05, 3.63) is 71.3 Å². The topological polar surface area (TPSA) is 291 Å². The van der Waals surface area contributed by atoms with Crippen LogP contribution in [0.15, 0.2) is 54.6 Å². The molecule has 22 heteroatoms. The number of carboxylic acids is 1. The van der Waals surface area contributed by atoms with Gasteiger partial charge in [0.2, 0.25) is 23.6 Å². The standard InChI is InChI=1S/C41H63N7O9S.C2HF3O2.CH4/c42-18-21-55-23-24-56-22-20-46-38(50)28-57-27-37(49)45-19-8-7-13-36(41(52)47-26-32-14-16-34(17-15-32)39(43)44)48-40(51)35(25-31-9-3-1-4-10-31)30-58(53,54)29-33-11-5-2-6-12-33;3-2(4,5)1(6)7;/h2,5-6,11-12,14-17,31,35-36H,1,3-4,7-10,13,18-30,42H2,(H3,43,44)(H,45,49)(H,46,50)(H,47,52)(H,48,51);(H,6,7);1H4/t35-,36-;;/m0../s1. The Morgan fingerprint density at radius 1 is 0.788 bits per heavy atom. The van der Waals surface area contributed by atoms with Gasteiger partial charge in [-0.25, -0.2) is 13.2 Å². The first kappa shape index (κ1) is 58.9. The highest BCUT2D eigenvalue weighted by molar-refractivity contribution is 7.90. The van der Waals surface area contributed by atoms with Crippen LogP contribution in [0.25, 0.3) is 0 Å². The minimum Gasteiger partial charge on any atom is -0.475 e. The summed E-state index contributed by atoms with van der Waals surface area (Å²) in [5.74, 6) is -5.62. The zero-order valence-corrected chi connectivity index (χ0v) is 37.3. The normalized spacial score (nSPS) is 13.7. The van der Waals surface area contributed by atoms with Crippen molar-refractivity contribution in [3.63, 3.8) is 0 Å². The number of nitrogens with two attached hydrogens (primary N) is 2. The summed E-state index contributed by atoms with van der Waals surface area (Å²) in [4.78, 5) is 60.8. The second-order valence-electron chi connectivity index (χ2n) is 15.4. The molecular weight excluding hydrogens is 892 g/mol. The highest BCUT2D eigenvalue weighted by Gasteiger charge is 2.38. The molecule has 1 saturated carbocycles. The lowest BCUT2D eigenvalue weighted by atomic mass is 9.83. The molecule has 2 aromatic carbocycles. The van der Waals surface area contributed by atoms with Gasteiger partial charge in [-0.2, -0.15) is 13.2 Å². The van der Waals surface area contributed by atoms with Gasteiger partial charge in [-0.15, -0.1) is 0 Å². The van der Waals surface area contributed by atoms with E-state index in [0.29, 0.717) is 63.4 Å². The zero-order chi connectivity index (χ0) is 48.1. The van der Waals surface area contributed by atoms with Gasteiger partial charge in [-0.1, -0.05) is 94.1 Å². The van der Waals surface area contributed by atoms with E-state index in [2.05, 4.69) is 21.3 Å². The number of halogens is 3. The van der Waals surface area contributed by atoms with Gasteiger partial charge >= 0.3 is 12.1 Å². The van der Waals surface area contributed by atoms with Crippen molar-refractivity contribution in [3.8, 4) is 0 Å². The Balaban J connectivity index is 0.00000251. The maximum absolute atomic E-state index is 14.0. The number of unbranched alkanes of at least 4 members (excludes halogenated alkanes) is 1. The molecule has 0 bridgehead atoms. The van der Waals surface area contributed by atoms with Crippen molar-refractivity contribution in [2.45, 2.75) is 89.7 Å². The number of nitrogens with one attached hydrogen (secondary N) is 5. The van der Waals surface area contributed by atoms with E-state index in [1.807, 2.05) is 6.07 Å². The van der Waals surface area contributed by atoms with Crippen molar-refractivity contribution in [1.82, 2.24) is 21.3 Å². The molecule has 0 spiro atoms. The summed E-state index contributed by atoms with van der Waals surface area (Å²) in [5, 5.41) is 25.9. The fourth-order valence-corrected chi connectivity index (χ4v) is 8.37. The molecule has 1 aliphatic carbocycles. The average Bonchev–Trinajstić information content (AvgIpc) is 3.26. The molecule has 0 heterocycles. The van der Waals surface area contributed by atoms with Gasteiger partial charge in [0.05, 0.1) is 43.9 Å². The second kappa shape index (κ2) is 32.5. The molecule has 4 amide bonds. The van der Waals surface area contributed by atoms with Crippen LogP contribution >= 0.6 is 0 Å². The van der Waals surface area contributed by atoms with E-state index in [4.69, 9.17) is 41.0 Å². The third-order valence-corrected chi connectivity index (χ3v) is 11.6. The number of amides is 4. The smallest absolute Gasteiger partial charge is 0.475 e. The molecule has 10 N–H and O–H groups in total. The number of ether oxygens (including phenoxy) is 3. The van der Waals surface area contributed by atoms with E-state index in [-0.39, 0.29) is 75.9 Å². The summed E-state index contributed by atoms with van der Waals surface area (Å²) >= 11 is 0. The lowest BCUT2D eigenvalue weighted by molar-refractivity contribution is -0.192. The summed E-state index contributed by atoms with van der Waals surface area (Å²) in [5.41, 5.74) is 12.9. The summed E-state index contributed by atoms with van der Waals surface area (Å²) in [6.45, 7) is 2.12. The predicted molar refractivity (Wildman–Crippen MR) is 242 cm³/mol. The summed E-state index contributed by atoms with van der Waals surface area (Å²) in [7, 11) is -3.67. The fourth-order valence-electron chi connectivity index (χ4n) is 6.65. The van der Waals surface area contributed by atoms with Crippen molar-refractivity contribution >= 4 is 45.3 Å². The van der Waals surface area contributed by atoms with E-state index in [0.717, 1.165) is 37.7 Å². The molecule has 18 nitrogen and oxygen atoms in total. The lowest BCUT2D eigenvalue weighted by Gasteiger charge is -2.27. The van der Waals surface area contributed by atoms with Gasteiger partial charge in [0, 0.05) is 31.7 Å². The Kier molecular flexibility index (Phi) is 29.0. The Labute approximate surface area is 385 Å². The fraction of sp³-hybridized carbons (Fsp3) is 0.591. The minimum atomic E-state index is -5.08. The number of hydrogen-bond acceptors (Lipinski definition) is 12. The number of aliphatic carboxylic acids is 1. The molecule has 0 aromatic heterocycles. The third kappa shape index (κ3) is 26.7. The number of amidine groups is 1. The molecule has 1 fully saturated rings. The predicted octanol–water partition coefficient (Wildman–Crippen LogP) is 2.95. The number of rotatable bonds is 29. The number of nitrogen functional groups attached to an aromatic ring is 1. The Hall–Kier alpha value is -5.16. The van der Waals surface area contributed by atoms with Gasteiger partial charge in [-0.05, 0) is 42.7 Å². The molecular formula is C44H68F3N7O11S. The van der Waals surface area contributed by atoms with Crippen LogP contribution in [0.3, 0.4) is 0 Å². The number of sulfone groups is 1. The molecule has 1 aliphatic rings. The van der Waals surface area contributed by atoms with Crippen LogP contribution in [-0.4, -0.2) is 126 Å². The molecule has 66 heavy (non-hydrogen) atoms. The maximum atomic E-state index is 14.0. The first-order chi connectivity index (χ1) is 30.9. The Morgan fingerprint density at radius 3 is 1.95 bits per heavy atom. The average molecular weight is 960 g/mol. The molecule has 0 unspecified atom stereocenters. The minimum absolute atomic E-state index is 0. The van der Waals surface area contributed by atoms with Crippen LogP contribution in [0.5, 0.6) is 0 Å². The van der Waals surface area contributed by atoms with Crippen molar-refractivity contribution < 1.29 is 64.9 Å². The van der Waals surface area contributed by atoms with E-state index >= 15 is 0 Å². The van der Waals surface area contributed by atoms with Crippen LogP contribution in [0, 0.1) is 17.2 Å². The monoisotopic (exact) mass is 959 g/mol. The Morgan fingerprint density at radius 2 is 1.38 bits per heavy atom. The number of benzene rings is 2. The quantitative estimate of drug-likeness (QED) is 0.0331. The highest BCUT2D eigenvalue weighted by atomic mass is 32.2. The second-order valence-corrected chi connectivity index (χ2v) is 17.5. The molecule has 0 aliphatic heterocycles. The molecule has 2 aromatic rings. The van der Waals surface area contributed by atoms with Crippen LogP contribution in [0.2, 0.25) is 0 Å². The van der Waals surface area contributed by atoms with Gasteiger partial charge in [0.25, 0.3) is 0 Å². The highest BCUT2D eigenvalue weighted by Crippen LogP contribution is 2.30. The number of carbonyl (C=O) groups is 5. The van der Waals surface area contributed by atoms with Crippen LogP contribution < -0.4 is 32.7 Å². The molecule has 0 saturated heterocycles. The summed E-state index contributed by atoms with van der Waals surface area (Å²) < 4.78 is 74.4. The van der Waals surface area contributed by atoms with Crippen molar-refractivity contribution in [1.29, 1.82) is 5.41 Å². The number of carbonyl (C=O) groups excluding carboxylic acids is 4. The maximum Gasteiger partial charge on any atom is 0.490 e. The number of hydrogen-bond donors (Lipinski definition) is 8. The zero-order valence-electron chi connectivity index (χ0n) is 36.5. The summed E-state index contributed by atoms with van der Waals surface area (Å²) in [6.07, 6.45) is 1.57. The van der Waals surface area contributed by atoms with E-state index in [9.17, 15) is 40.8 Å². The number of alkyl halides is 3. The Bertz CT molecular complexity index is 1870. The van der Waals surface area contributed by atoms with Crippen LogP contribution in [0.4, 0.5) is 13.2 Å². The van der Waals surface area contributed by atoms with Gasteiger partial charge < -0.3 is 52.1 Å². The third-order valence-electron chi connectivity index (χ3n) is 9.92. The van der Waals surface area contributed by atoms with Gasteiger partial charge in [0.1, 0.15) is 25.1 Å². The lowest BCUT2D eigenvalue weighted by Crippen LogP contribution is -2.49. The molecule has 2 atom stereocenters. The van der Waals surface area contributed by atoms with E-state index in [1.165, 1.54) is 0 Å². The van der Waals surface area contributed by atoms with Crippen LogP contribution in [0.1, 0.15) is 81.9 Å². The van der Waals surface area contributed by atoms with Gasteiger partial charge in [-0.3, -0.25) is 24.6 Å². The summed E-state index contributed by atoms with van der Waals surface area (Å²) in [6, 6.07) is 14.8. The number of carboxylic acid groups (broad SMARTS) is 1. The first-order valence-electron chi connectivity index (χ1n) is 21.4. The van der Waals surface area contributed by atoms with E-state index in [1.54, 1.807) is 48.5 Å². The largest absolute Gasteiger partial charge is 0.490 e. The van der Waals surface area contributed by atoms with Gasteiger partial charge in [0.15, 0.2) is 9.84 Å². The first-order valence-corrected chi connectivity index (χ1v) is 23.2. The molecule has 372 valence electrons. The van der Waals surface area contributed by atoms with Crippen molar-refractivity contribution in [2.24, 2.45) is 23.3 Å².